The topological polar surface area (TPSA) is 93.3 Å². The Morgan fingerprint density at radius 1 is 1.11 bits per heavy atom. The molecule has 5 rings (SSSR count). The van der Waals surface area contributed by atoms with Crippen molar-refractivity contribution in [1.82, 2.24) is 20.9 Å². The van der Waals surface area contributed by atoms with Gasteiger partial charge in [-0.15, -0.1) is 0 Å². The summed E-state index contributed by atoms with van der Waals surface area (Å²) in [7, 11) is 0. The summed E-state index contributed by atoms with van der Waals surface area (Å²) in [4.78, 5) is 16.1. The number of hydrogen-bond acceptors (Lipinski definition) is 6. The predicted molar refractivity (Wildman–Crippen MR) is 180 cm³/mol. The van der Waals surface area contributed by atoms with Crippen molar-refractivity contribution in [3.05, 3.63) is 117 Å². The second-order valence-corrected chi connectivity index (χ2v) is 12.5. The predicted octanol–water partition coefficient (Wildman–Crippen LogP) is 6.66. The maximum Gasteiger partial charge on any atom is 0.253 e. The average molecular weight is 624 g/mol. The Hall–Kier alpha value is -3.93. The largest absolute Gasteiger partial charge is 0.460 e. The van der Waals surface area contributed by atoms with Crippen LogP contribution in [0.1, 0.15) is 64.7 Å². The fraction of sp³-hybridized carbons (Fsp3) is 0.351. The van der Waals surface area contributed by atoms with Crippen LogP contribution in [0.5, 0.6) is 0 Å². The zero-order valence-electron chi connectivity index (χ0n) is 26.3. The van der Waals surface area contributed by atoms with E-state index in [9.17, 15) is 10.1 Å². The molecule has 3 aromatic carbocycles. The van der Waals surface area contributed by atoms with Crippen LogP contribution in [0.4, 0.5) is 0 Å². The Labute approximate surface area is 271 Å². The molecule has 45 heavy (non-hydrogen) atoms. The lowest BCUT2D eigenvalue weighted by molar-refractivity contribution is 0.0929. The maximum absolute atomic E-state index is 13.7. The molecule has 3 atom stereocenters. The zero-order chi connectivity index (χ0) is 31.8. The molecule has 0 spiro atoms. The van der Waals surface area contributed by atoms with Gasteiger partial charge in [0.05, 0.1) is 28.8 Å². The molecule has 3 N–H and O–H groups in total. The first kappa shape index (κ1) is 32.5. The van der Waals surface area contributed by atoms with Gasteiger partial charge in [0.25, 0.3) is 5.91 Å². The van der Waals surface area contributed by atoms with E-state index in [4.69, 9.17) is 16.0 Å². The number of carbonyl (C=O) groups excluding carboxylic acids is 1. The molecule has 0 unspecified atom stereocenters. The van der Waals surface area contributed by atoms with Gasteiger partial charge < -0.3 is 25.3 Å². The molecule has 1 saturated heterocycles. The quantitative estimate of drug-likeness (QED) is 0.164. The lowest BCUT2D eigenvalue weighted by atomic mass is 10.0. The number of nitriles is 1. The molecule has 4 aromatic rings. The van der Waals surface area contributed by atoms with Gasteiger partial charge in [-0.2, -0.15) is 5.26 Å². The first-order valence-electron chi connectivity index (χ1n) is 15.7. The summed E-state index contributed by atoms with van der Waals surface area (Å²) in [5.41, 5.74) is 5.36. The highest BCUT2D eigenvalue weighted by Gasteiger charge is 2.21. The molecular formula is C37H42ClN5O2. The summed E-state index contributed by atoms with van der Waals surface area (Å²) in [6.07, 6.45) is 1.46. The standard InChI is InChI=1S/C37H42ClN5O2/c1-25-4-10-30(11-5-25)27(3)41-23-33-13-15-36(45-33)31-12-14-35(38)34(21-31)37(44)42-32(16-18-43-19-17-40-26(2)24-43)20-28-6-8-29(22-39)9-7-28/h4-15,21,26-27,32,40-41H,16-20,23-24H2,1-3H3,(H,42,44)/t26-,27-,32+/m1/s1. The Morgan fingerprint density at radius 2 is 1.89 bits per heavy atom. The minimum Gasteiger partial charge on any atom is -0.460 e. The van der Waals surface area contributed by atoms with Gasteiger partial charge in [-0.25, -0.2) is 0 Å². The van der Waals surface area contributed by atoms with Crippen molar-refractivity contribution in [1.29, 1.82) is 5.26 Å². The van der Waals surface area contributed by atoms with Crippen molar-refractivity contribution in [3.8, 4) is 17.4 Å². The van der Waals surface area contributed by atoms with Gasteiger partial charge in [0.2, 0.25) is 0 Å². The van der Waals surface area contributed by atoms with E-state index in [0.29, 0.717) is 40.9 Å². The van der Waals surface area contributed by atoms with E-state index in [1.165, 1.54) is 11.1 Å². The van der Waals surface area contributed by atoms with E-state index in [1.54, 1.807) is 12.1 Å². The first-order valence-corrected chi connectivity index (χ1v) is 16.1. The van der Waals surface area contributed by atoms with Gasteiger partial charge in [0, 0.05) is 49.9 Å². The van der Waals surface area contributed by atoms with E-state index in [2.05, 4.69) is 72.0 Å². The molecule has 0 aliphatic carbocycles. The SMILES string of the molecule is Cc1ccc([C@@H](C)NCc2ccc(-c3ccc(Cl)c(C(=O)N[C@@H](CCN4CCN[C@H](C)C4)Cc4ccc(C#N)cc4)c3)o2)cc1. The number of carbonyl (C=O) groups is 1. The molecule has 1 aromatic heterocycles. The Balaban J connectivity index is 1.26. The Morgan fingerprint density at radius 3 is 2.62 bits per heavy atom. The minimum atomic E-state index is -0.213. The molecule has 234 valence electrons. The third-order valence-electron chi connectivity index (χ3n) is 8.46. The van der Waals surface area contributed by atoms with Gasteiger partial charge in [-0.3, -0.25) is 4.79 Å². The molecule has 0 bridgehead atoms. The van der Waals surface area contributed by atoms with Crippen LogP contribution in [-0.4, -0.2) is 49.1 Å². The van der Waals surface area contributed by atoms with Crippen LogP contribution in [0.25, 0.3) is 11.3 Å². The number of amides is 1. The fourth-order valence-corrected chi connectivity index (χ4v) is 5.95. The van der Waals surface area contributed by atoms with Crippen LogP contribution in [0.3, 0.4) is 0 Å². The molecule has 0 saturated carbocycles. The fourth-order valence-electron chi connectivity index (χ4n) is 5.75. The van der Waals surface area contributed by atoms with Crippen LogP contribution < -0.4 is 16.0 Å². The lowest BCUT2D eigenvalue weighted by Crippen LogP contribution is -2.50. The van der Waals surface area contributed by atoms with E-state index < -0.39 is 0 Å². The van der Waals surface area contributed by atoms with Crippen molar-refractivity contribution in [3.63, 3.8) is 0 Å². The Kier molecular flexibility index (Phi) is 11.1. The third-order valence-corrected chi connectivity index (χ3v) is 8.79. The second-order valence-electron chi connectivity index (χ2n) is 12.1. The van der Waals surface area contributed by atoms with Crippen LogP contribution in [0.2, 0.25) is 5.02 Å². The number of nitrogens with zero attached hydrogens (tertiary/aromatic N) is 2. The smallest absolute Gasteiger partial charge is 0.253 e. The van der Waals surface area contributed by atoms with E-state index in [1.807, 2.05) is 42.5 Å². The second kappa shape index (κ2) is 15.4. The summed E-state index contributed by atoms with van der Waals surface area (Å²) in [6.45, 7) is 10.8. The normalized spacial score (nSPS) is 16.6. The lowest BCUT2D eigenvalue weighted by Gasteiger charge is -2.33. The summed E-state index contributed by atoms with van der Waals surface area (Å²) < 4.78 is 6.17. The number of nitrogens with one attached hydrogen (secondary N) is 3. The Bertz CT molecular complexity index is 1610. The maximum atomic E-state index is 13.7. The molecule has 8 heteroatoms. The van der Waals surface area contributed by atoms with Crippen molar-refractivity contribution in [2.75, 3.05) is 26.2 Å². The van der Waals surface area contributed by atoms with Gasteiger partial charge >= 0.3 is 0 Å². The monoisotopic (exact) mass is 623 g/mol. The molecule has 1 aliphatic heterocycles. The highest BCUT2D eigenvalue weighted by atomic mass is 35.5. The molecule has 1 amide bonds. The third kappa shape index (κ3) is 9.06. The van der Waals surface area contributed by atoms with Gasteiger partial charge in [-0.05, 0) is 87.2 Å². The molecule has 0 radical (unpaired) electrons. The van der Waals surface area contributed by atoms with Gasteiger partial charge in [0.1, 0.15) is 11.5 Å². The van der Waals surface area contributed by atoms with Crippen LogP contribution in [-0.2, 0) is 13.0 Å². The van der Waals surface area contributed by atoms with Crippen LogP contribution >= 0.6 is 11.6 Å². The number of hydrogen-bond donors (Lipinski definition) is 3. The average Bonchev–Trinajstić information content (AvgIpc) is 3.52. The number of rotatable bonds is 12. The van der Waals surface area contributed by atoms with Crippen molar-refractivity contribution < 1.29 is 9.21 Å². The summed E-state index contributed by atoms with van der Waals surface area (Å²) in [5.74, 6) is 1.28. The molecule has 7 nitrogen and oxygen atoms in total. The number of aryl methyl sites for hydroxylation is 1. The van der Waals surface area contributed by atoms with Gasteiger partial charge in [0.15, 0.2) is 0 Å². The number of benzene rings is 3. The molecule has 2 heterocycles. The molecular weight excluding hydrogens is 582 g/mol. The number of piperazine rings is 1. The highest BCUT2D eigenvalue weighted by molar-refractivity contribution is 6.34. The van der Waals surface area contributed by atoms with Gasteiger partial charge in [-0.1, -0.05) is 53.6 Å². The van der Waals surface area contributed by atoms with Crippen LogP contribution in [0, 0.1) is 18.3 Å². The number of halogens is 1. The van der Waals surface area contributed by atoms with E-state index >= 15 is 0 Å². The van der Waals surface area contributed by atoms with Crippen molar-refractivity contribution in [2.24, 2.45) is 0 Å². The molecule has 1 aliphatic rings. The molecule has 1 fully saturated rings. The highest BCUT2D eigenvalue weighted by Crippen LogP contribution is 2.28. The van der Waals surface area contributed by atoms with Crippen molar-refractivity contribution in [2.45, 2.75) is 58.3 Å². The number of furan rings is 1. The summed E-state index contributed by atoms with van der Waals surface area (Å²) >= 11 is 6.58. The van der Waals surface area contributed by atoms with E-state index in [0.717, 1.165) is 49.5 Å². The van der Waals surface area contributed by atoms with E-state index in [-0.39, 0.29) is 18.0 Å². The minimum absolute atomic E-state index is 0.104. The summed E-state index contributed by atoms with van der Waals surface area (Å²) in [6, 6.07) is 28.1. The van der Waals surface area contributed by atoms with Crippen molar-refractivity contribution >= 4 is 17.5 Å². The zero-order valence-corrected chi connectivity index (χ0v) is 27.0. The first-order chi connectivity index (χ1) is 21.8. The summed E-state index contributed by atoms with van der Waals surface area (Å²) in [5, 5.41) is 19.9. The van der Waals surface area contributed by atoms with Crippen LogP contribution in [0.15, 0.2) is 83.3 Å².